The molecule has 2 rings (SSSR count). The summed E-state index contributed by atoms with van der Waals surface area (Å²) in [4.78, 5) is 30.0. The summed E-state index contributed by atoms with van der Waals surface area (Å²) < 4.78 is 23.1. The predicted molar refractivity (Wildman–Crippen MR) is 90.6 cm³/mol. The molecule has 1 aromatic heterocycles. The van der Waals surface area contributed by atoms with E-state index in [0.717, 1.165) is 12.8 Å². The minimum absolute atomic E-state index is 0.0140. The standard InChI is InChI=1S/C16H23N3O4S/c1-3-4-6-18-15(20)12-8-13(10-17-9-12)16(21)19(2)14-5-7-24(22,23)11-14/h8-10,14H,3-7,11H2,1-2H3,(H,18,20). The van der Waals surface area contributed by atoms with Gasteiger partial charge in [0.2, 0.25) is 0 Å². The summed E-state index contributed by atoms with van der Waals surface area (Å²) in [5.74, 6) is -0.503. The maximum atomic E-state index is 12.5. The van der Waals surface area contributed by atoms with Gasteiger partial charge in [0.05, 0.1) is 22.6 Å². The monoisotopic (exact) mass is 353 g/mol. The number of carbonyl (C=O) groups excluding carboxylic acids is 2. The lowest BCUT2D eigenvalue weighted by Crippen LogP contribution is -2.38. The Kier molecular flexibility index (Phi) is 5.93. The molecule has 1 unspecified atom stereocenters. The van der Waals surface area contributed by atoms with Crippen molar-refractivity contribution in [1.29, 1.82) is 0 Å². The first-order valence-electron chi connectivity index (χ1n) is 8.05. The lowest BCUT2D eigenvalue weighted by molar-refractivity contribution is 0.0747. The zero-order chi connectivity index (χ0) is 17.7. The van der Waals surface area contributed by atoms with E-state index in [0.29, 0.717) is 18.5 Å². The molecule has 132 valence electrons. The van der Waals surface area contributed by atoms with Gasteiger partial charge in [-0.05, 0) is 18.9 Å². The smallest absolute Gasteiger partial charge is 0.255 e. The molecule has 0 saturated carbocycles. The molecule has 24 heavy (non-hydrogen) atoms. The van der Waals surface area contributed by atoms with Crippen LogP contribution in [0.4, 0.5) is 0 Å². The number of hydrogen-bond donors (Lipinski definition) is 1. The highest BCUT2D eigenvalue weighted by Gasteiger charge is 2.33. The molecule has 1 aliphatic rings. The van der Waals surface area contributed by atoms with Crippen molar-refractivity contribution in [3.8, 4) is 0 Å². The molecule has 0 aromatic carbocycles. The quantitative estimate of drug-likeness (QED) is 0.766. The minimum Gasteiger partial charge on any atom is -0.352 e. The number of rotatable bonds is 6. The van der Waals surface area contributed by atoms with Gasteiger partial charge in [-0.1, -0.05) is 13.3 Å². The molecule has 2 heterocycles. The van der Waals surface area contributed by atoms with Gasteiger partial charge in [-0.3, -0.25) is 14.6 Å². The largest absolute Gasteiger partial charge is 0.352 e. The van der Waals surface area contributed by atoms with Crippen LogP contribution in [0.15, 0.2) is 18.5 Å². The molecule has 2 amide bonds. The van der Waals surface area contributed by atoms with Crippen molar-refractivity contribution in [2.24, 2.45) is 0 Å². The summed E-state index contributed by atoms with van der Waals surface area (Å²) in [7, 11) is -1.48. The molecule has 0 aliphatic carbocycles. The number of nitrogens with one attached hydrogen (secondary N) is 1. The van der Waals surface area contributed by atoms with Gasteiger partial charge in [0.25, 0.3) is 11.8 Å². The Bertz CT molecular complexity index is 718. The van der Waals surface area contributed by atoms with E-state index in [1.54, 1.807) is 7.05 Å². The van der Waals surface area contributed by atoms with E-state index in [1.807, 2.05) is 6.92 Å². The number of pyridine rings is 1. The van der Waals surface area contributed by atoms with Crippen LogP contribution in [0.3, 0.4) is 0 Å². The Balaban J connectivity index is 2.07. The number of hydrogen-bond acceptors (Lipinski definition) is 5. The minimum atomic E-state index is -3.06. The molecule has 1 N–H and O–H groups in total. The van der Waals surface area contributed by atoms with E-state index in [1.165, 1.54) is 23.4 Å². The highest BCUT2D eigenvalue weighted by Crippen LogP contribution is 2.18. The summed E-state index contributed by atoms with van der Waals surface area (Å²) in [5.41, 5.74) is 0.606. The second kappa shape index (κ2) is 7.74. The molecule has 0 radical (unpaired) electrons. The average molecular weight is 353 g/mol. The van der Waals surface area contributed by atoms with Gasteiger partial charge in [0.1, 0.15) is 0 Å². The molecule has 1 fully saturated rings. The van der Waals surface area contributed by atoms with Gasteiger partial charge in [-0.25, -0.2) is 8.42 Å². The maximum absolute atomic E-state index is 12.5. The number of nitrogens with zero attached hydrogens (tertiary/aromatic N) is 2. The molecule has 1 saturated heterocycles. The van der Waals surface area contributed by atoms with Crippen LogP contribution < -0.4 is 5.32 Å². The second-order valence-corrected chi connectivity index (χ2v) is 8.27. The number of aromatic nitrogens is 1. The molecule has 1 aliphatic heterocycles. The summed E-state index contributed by atoms with van der Waals surface area (Å²) in [6.07, 6.45) is 5.11. The SMILES string of the molecule is CCCCNC(=O)c1cncc(C(=O)N(C)C2CCS(=O)(=O)C2)c1. The Morgan fingerprint density at radius 2 is 2.04 bits per heavy atom. The Morgan fingerprint density at radius 3 is 2.67 bits per heavy atom. The van der Waals surface area contributed by atoms with Crippen LogP contribution in [0.1, 0.15) is 46.9 Å². The van der Waals surface area contributed by atoms with Crippen LogP contribution in [0.2, 0.25) is 0 Å². The molecule has 1 atom stereocenters. The van der Waals surface area contributed by atoms with Gasteiger partial charge in [-0.15, -0.1) is 0 Å². The van der Waals surface area contributed by atoms with Gasteiger partial charge in [0.15, 0.2) is 9.84 Å². The van der Waals surface area contributed by atoms with E-state index in [9.17, 15) is 18.0 Å². The fourth-order valence-corrected chi connectivity index (χ4v) is 4.39. The molecular formula is C16H23N3O4S. The first-order valence-corrected chi connectivity index (χ1v) is 9.87. The van der Waals surface area contributed by atoms with E-state index in [-0.39, 0.29) is 34.9 Å². The van der Waals surface area contributed by atoms with E-state index in [2.05, 4.69) is 10.3 Å². The normalized spacial score (nSPS) is 19.0. The zero-order valence-electron chi connectivity index (χ0n) is 14.0. The Morgan fingerprint density at radius 1 is 1.33 bits per heavy atom. The van der Waals surface area contributed by atoms with Crippen LogP contribution in [-0.2, 0) is 9.84 Å². The van der Waals surface area contributed by atoms with E-state index in [4.69, 9.17) is 0 Å². The first-order chi connectivity index (χ1) is 11.3. The van der Waals surface area contributed by atoms with Crippen molar-refractivity contribution in [1.82, 2.24) is 15.2 Å². The van der Waals surface area contributed by atoms with Crippen molar-refractivity contribution in [2.75, 3.05) is 25.1 Å². The van der Waals surface area contributed by atoms with Crippen molar-refractivity contribution >= 4 is 21.7 Å². The summed E-state index contributed by atoms with van der Waals surface area (Å²) >= 11 is 0. The lowest BCUT2D eigenvalue weighted by atomic mass is 10.1. The third kappa shape index (κ3) is 4.53. The fourth-order valence-electron chi connectivity index (χ4n) is 2.61. The highest BCUT2D eigenvalue weighted by atomic mass is 32.2. The van der Waals surface area contributed by atoms with Crippen molar-refractivity contribution in [2.45, 2.75) is 32.2 Å². The predicted octanol–water partition coefficient (Wildman–Crippen LogP) is 0.871. The van der Waals surface area contributed by atoms with Gasteiger partial charge in [-0.2, -0.15) is 0 Å². The summed E-state index contributed by atoms with van der Waals surface area (Å²) in [6.45, 7) is 2.61. The second-order valence-electron chi connectivity index (χ2n) is 6.04. The van der Waals surface area contributed by atoms with Crippen LogP contribution >= 0.6 is 0 Å². The maximum Gasteiger partial charge on any atom is 0.255 e. The van der Waals surface area contributed by atoms with Crippen molar-refractivity contribution in [3.63, 3.8) is 0 Å². The third-order valence-electron chi connectivity index (χ3n) is 4.14. The Labute approximate surface area is 142 Å². The topological polar surface area (TPSA) is 96.4 Å². The number of sulfone groups is 1. The molecule has 0 bridgehead atoms. The van der Waals surface area contributed by atoms with E-state index >= 15 is 0 Å². The van der Waals surface area contributed by atoms with Crippen LogP contribution in [0.5, 0.6) is 0 Å². The third-order valence-corrected chi connectivity index (χ3v) is 5.89. The van der Waals surface area contributed by atoms with Crippen molar-refractivity contribution < 1.29 is 18.0 Å². The summed E-state index contributed by atoms with van der Waals surface area (Å²) in [5, 5.41) is 2.78. The molecule has 0 spiro atoms. The average Bonchev–Trinajstić information content (AvgIpc) is 2.93. The fraction of sp³-hybridized carbons (Fsp3) is 0.562. The number of carbonyl (C=O) groups is 2. The van der Waals surface area contributed by atoms with Gasteiger partial charge >= 0.3 is 0 Å². The summed E-state index contributed by atoms with van der Waals surface area (Å²) in [6, 6.07) is 1.17. The lowest BCUT2D eigenvalue weighted by Gasteiger charge is -2.23. The van der Waals surface area contributed by atoms with Crippen LogP contribution in [-0.4, -0.2) is 61.3 Å². The molecular weight excluding hydrogens is 330 g/mol. The molecule has 1 aromatic rings. The number of amides is 2. The van der Waals surface area contributed by atoms with Gasteiger partial charge in [0, 0.05) is 32.0 Å². The molecule has 8 heteroatoms. The van der Waals surface area contributed by atoms with Gasteiger partial charge < -0.3 is 10.2 Å². The van der Waals surface area contributed by atoms with Crippen LogP contribution in [0, 0.1) is 0 Å². The first kappa shape index (κ1) is 18.4. The Hall–Kier alpha value is -1.96. The van der Waals surface area contributed by atoms with Crippen LogP contribution in [0.25, 0.3) is 0 Å². The number of unbranched alkanes of at least 4 members (excludes halogenated alkanes) is 1. The van der Waals surface area contributed by atoms with Crippen molar-refractivity contribution in [3.05, 3.63) is 29.6 Å². The van der Waals surface area contributed by atoms with E-state index < -0.39 is 9.84 Å². The molecule has 7 nitrogen and oxygen atoms in total. The zero-order valence-corrected chi connectivity index (χ0v) is 14.8. The highest BCUT2D eigenvalue weighted by molar-refractivity contribution is 7.91.